The molecule has 0 bridgehead atoms. The number of piperidine rings is 1. The molecule has 0 radical (unpaired) electrons. The number of hydrogen-bond acceptors (Lipinski definition) is 6. The van der Waals surface area contributed by atoms with Crippen molar-refractivity contribution in [1.29, 1.82) is 0 Å². The Kier molecular flexibility index (Phi) is 6.48. The van der Waals surface area contributed by atoms with E-state index in [1.54, 1.807) is 18.6 Å². The zero-order valence-electron chi connectivity index (χ0n) is 19.4. The number of hydrogen-bond donors (Lipinski definition) is 1. The van der Waals surface area contributed by atoms with Gasteiger partial charge in [0.2, 0.25) is 0 Å². The average molecular weight is 477 g/mol. The van der Waals surface area contributed by atoms with Gasteiger partial charge in [0.05, 0.1) is 22.0 Å². The lowest BCUT2D eigenvalue weighted by atomic mass is 9.96. The van der Waals surface area contributed by atoms with Crippen LogP contribution in [0.4, 0.5) is 5.82 Å². The van der Waals surface area contributed by atoms with Crippen LogP contribution in [0.25, 0.3) is 22.4 Å². The lowest BCUT2D eigenvalue weighted by Gasteiger charge is -2.44. The first-order valence-electron chi connectivity index (χ1n) is 11.9. The fourth-order valence-corrected chi connectivity index (χ4v) is 5.37. The van der Waals surface area contributed by atoms with Gasteiger partial charge < -0.3 is 10.6 Å². The normalized spacial score (nSPS) is 18.5. The Balaban J connectivity index is 1.45. The smallest absolute Gasteiger partial charge is 0.255 e. The van der Waals surface area contributed by atoms with Crippen molar-refractivity contribution in [2.24, 2.45) is 0 Å². The zero-order chi connectivity index (χ0) is 23.7. The van der Waals surface area contributed by atoms with Gasteiger partial charge in [-0.25, -0.2) is 15.0 Å². The topological polar surface area (TPSA) is 88.2 Å². The van der Waals surface area contributed by atoms with Gasteiger partial charge >= 0.3 is 0 Å². The Labute approximate surface area is 205 Å². The second kappa shape index (κ2) is 9.68. The molecule has 1 aromatic carbocycles. The molecule has 3 aromatic rings. The third-order valence-corrected chi connectivity index (χ3v) is 7.25. The highest BCUT2D eigenvalue weighted by molar-refractivity contribution is 6.34. The van der Waals surface area contributed by atoms with Crippen LogP contribution in [0.15, 0.2) is 42.9 Å². The van der Waals surface area contributed by atoms with Crippen molar-refractivity contribution in [3.63, 3.8) is 0 Å². The molecule has 2 aromatic heterocycles. The number of nitrogen functional groups attached to an aromatic ring is 1. The number of fused-ring (bicyclic) bond motifs is 1. The fraction of sp³-hybridized carbons (Fsp3) is 0.385. The molecule has 0 spiro atoms. The Hall–Kier alpha value is -3.03. The Morgan fingerprint density at radius 3 is 2.71 bits per heavy atom. The van der Waals surface area contributed by atoms with Crippen molar-refractivity contribution in [3.05, 3.63) is 59.1 Å². The fourth-order valence-electron chi connectivity index (χ4n) is 5.11. The summed E-state index contributed by atoms with van der Waals surface area (Å²) in [5.41, 5.74) is 10.6. The average Bonchev–Trinajstić information content (AvgIpc) is 2.88. The molecule has 0 aliphatic carbocycles. The Morgan fingerprint density at radius 2 is 1.94 bits per heavy atom. The van der Waals surface area contributed by atoms with Crippen LogP contribution in [-0.2, 0) is 6.42 Å². The van der Waals surface area contributed by atoms with E-state index < -0.39 is 0 Å². The first-order chi connectivity index (χ1) is 16.5. The molecule has 7 nitrogen and oxygen atoms in total. The number of aromatic nitrogens is 3. The van der Waals surface area contributed by atoms with Crippen molar-refractivity contribution in [3.8, 4) is 22.4 Å². The van der Waals surface area contributed by atoms with Crippen molar-refractivity contribution in [1.82, 2.24) is 24.8 Å². The quantitative estimate of drug-likeness (QED) is 0.603. The summed E-state index contributed by atoms with van der Waals surface area (Å²) in [6, 6.07) is 9.74. The van der Waals surface area contributed by atoms with E-state index in [4.69, 9.17) is 17.3 Å². The molecule has 2 saturated heterocycles. The largest absolute Gasteiger partial charge is 0.384 e. The summed E-state index contributed by atoms with van der Waals surface area (Å²) in [6.45, 7) is 5.66. The van der Waals surface area contributed by atoms with Gasteiger partial charge in [-0.2, -0.15) is 0 Å². The standard InChI is InChI=1S/C26H29ClN6O/c1-2-22-24(18-7-9-23(28)29-14-18)25(31-16-30-22)17-6-8-20(21(27)13-17)26(34)33-12-11-32-10-4-3-5-19(32)15-33/h6-9,13-14,16,19H,2-5,10-12,15H2,1H3,(H2,28,29)/t19-/m0/s1. The summed E-state index contributed by atoms with van der Waals surface area (Å²) in [6.07, 6.45) is 7.71. The summed E-state index contributed by atoms with van der Waals surface area (Å²) in [5, 5.41) is 0.437. The SMILES string of the molecule is CCc1ncnc(-c2ccc(C(=O)N3CCN4CCCC[C@H]4C3)c(Cl)c2)c1-c1ccc(N)nc1. The van der Waals surface area contributed by atoms with Gasteiger partial charge in [-0.05, 0) is 50.1 Å². The highest BCUT2D eigenvalue weighted by Gasteiger charge is 2.32. The molecule has 4 heterocycles. The molecule has 2 fully saturated rings. The van der Waals surface area contributed by atoms with Crippen molar-refractivity contribution in [2.45, 2.75) is 38.6 Å². The lowest BCUT2D eigenvalue weighted by Crippen LogP contribution is -2.56. The van der Waals surface area contributed by atoms with Gasteiger partial charge in [0.1, 0.15) is 12.1 Å². The van der Waals surface area contributed by atoms with E-state index in [0.29, 0.717) is 22.4 Å². The number of rotatable bonds is 4. The molecular weight excluding hydrogens is 448 g/mol. The van der Waals surface area contributed by atoms with E-state index in [0.717, 1.165) is 67.1 Å². The zero-order valence-corrected chi connectivity index (χ0v) is 20.1. The number of piperazine rings is 1. The van der Waals surface area contributed by atoms with Crippen LogP contribution in [0.5, 0.6) is 0 Å². The van der Waals surface area contributed by atoms with Gasteiger partial charge in [-0.15, -0.1) is 0 Å². The number of nitrogens with two attached hydrogens (primary N) is 1. The number of nitrogens with zero attached hydrogens (tertiary/aromatic N) is 5. The van der Waals surface area contributed by atoms with Crippen molar-refractivity contribution in [2.75, 3.05) is 31.9 Å². The molecule has 1 amide bonds. The van der Waals surface area contributed by atoms with Crippen LogP contribution in [-0.4, -0.2) is 62.9 Å². The molecule has 0 unspecified atom stereocenters. The second-order valence-corrected chi connectivity index (χ2v) is 9.41. The van der Waals surface area contributed by atoms with Gasteiger partial charge in [0, 0.05) is 48.6 Å². The Bertz CT molecular complexity index is 1200. The number of anilines is 1. The van der Waals surface area contributed by atoms with E-state index in [1.807, 2.05) is 29.2 Å². The molecule has 5 rings (SSSR count). The van der Waals surface area contributed by atoms with Gasteiger partial charge in [0.15, 0.2) is 0 Å². The molecule has 8 heteroatoms. The highest BCUT2D eigenvalue weighted by atomic mass is 35.5. The van der Waals surface area contributed by atoms with Crippen molar-refractivity contribution >= 4 is 23.3 Å². The number of benzene rings is 1. The molecule has 2 aliphatic heterocycles. The number of halogens is 1. The first kappa shape index (κ1) is 22.7. The molecule has 1 atom stereocenters. The summed E-state index contributed by atoms with van der Waals surface area (Å²) < 4.78 is 0. The third kappa shape index (κ3) is 4.38. The van der Waals surface area contributed by atoms with Crippen LogP contribution in [0.3, 0.4) is 0 Å². The van der Waals surface area contributed by atoms with Gasteiger partial charge in [0.25, 0.3) is 5.91 Å². The minimum atomic E-state index is 0.00154. The van der Waals surface area contributed by atoms with Gasteiger partial charge in [-0.3, -0.25) is 9.69 Å². The number of carbonyl (C=O) groups is 1. The van der Waals surface area contributed by atoms with Crippen LogP contribution in [0.1, 0.15) is 42.2 Å². The molecular formula is C26H29ClN6O. The van der Waals surface area contributed by atoms with Crippen LogP contribution < -0.4 is 5.73 Å². The second-order valence-electron chi connectivity index (χ2n) is 9.00. The minimum absolute atomic E-state index is 0.00154. The summed E-state index contributed by atoms with van der Waals surface area (Å²) in [5.74, 6) is 0.460. The predicted molar refractivity (Wildman–Crippen MR) is 135 cm³/mol. The van der Waals surface area contributed by atoms with Crippen LogP contribution >= 0.6 is 11.6 Å². The monoisotopic (exact) mass is 476 g/mol. The van der Waals surface area contributed by atoms with Crippen LogP contribution in [0, 0.1) is 0 Å². The maximum Gasteiger partial charge on any atom is 0.255 e. The minimum Gasteiger partial charge on any atom is -0.384 e. The predicted octanol–water partition coefficient (Wildman–Crippen LogP) is 4.31. The first-order valence-corrected chi connectivity index (χ1v) is 12.3. The van der Waals surface area contributed by atoms with E-state index in [1.165, 1.54) is 12.8 Å². The van der Waals surface area contributed by atoms with E-state index in [2.05, 4.69) is 26.8 Å². The number of aryl methyl sites for hydroxylation is 1. The molecule has 0 saturated carbocycles. The lowest BCUT2D eigenvalue weighted by molar-refractivity contribution is 0.0372. The number of carbonyl (C=O) groups excluding carboxylic acids is 1. The highest BCUT2D eigenvalue weighted by Crippen LogP contribution is 2.35. The third-order valence-electron chi connectivity index (χ3n) is 6.93. The summed E-state index contributed by atoms with van der Waals surface area (Å²) in [4.78, 5) is 31.1. The van der Waals surface area contributed by atoms with Crippen LogP contribution in [0.2, 0.25) is 5.02 Å². The molecule has 34 heavy (non-hydrogen) atoms. The van der Waals surface area contributed by atoms with E-state index in [-0.39, 0.29) is 5.91 Å². The van der Waals surface area contributed by atoms with E-state index >= 15 is 0 Å². The summed E-state index contributed by atoms with van der Waals surface area (Å²) >= 11 is 6.69. The maximum atomic E-state index is 13.3. The number of pyridine rings is 1. The molecule has 2 N–H and O–H groups in total. The summed E-state index contributed by atoms with van der Waals surface area (Å²) in [7, 11) is 0. The Morgan fingerprint density at radius 1 is 1.09 bits per heavy atom. The number of amides is 1. The van der Waals surface area contributed by atoms with E-state index in [9.17, 15) is 4.79 Å². The van der Waals surface area contributed by atoms with Gasteiger partial charge in [-0.1, -0.05) is 31.0 Å². The molecule has 176 valence electrons. The maximum absolute atomic E-state index is 13.3. The molecule has 2 aliphatic rings. The van der Waals surface area contributed by atoms with Crippen molar-refractivity contribution < 1.29 is 4.79 Å².